The number of amides is 2. The molecule has 0 fully saturated rings. The lowest BCUT2D eigenvalue weighted by molar-refractivity contribution is -0.121. The van der Waals surface area contributed by atoms with Crippen LogP contribution in [0.2, 0.25) is 0 Å². The first-order chi connectivity index (χ1) is 13.6. The molecule has 6 heteroatoms. The lowest BCUT2D eigenvalue weighted by Crippen LogP contribution is -2.30. The van der Waals surface area contributed by atoms with E-state index in [4.69, 9.17) is 0 Å². The number of aryl methyl sites for hydroxylation is 1. The van der Waals surface area contributed by atoms with Crippen LogP contribution in [0.15, 0.2) is 48.5 Å². The Morgan fingerprint density at radius 3 is 2.68 bits per heavy atom. The predicted molar refractivity (Wildman–Crippen MR) is 110 cm³/mol. The summed E-state index contributed by atoms with van der Waals surface area (Å²) in [5.74, 6) is 0.449. The highest BCUT2D eigenvalue weighted by Crippen LogP contribution is 2.16. The molecule has 2 amide bonds. The number of hydrogen-bond donors (Lipinski definition) is 2. The molecule has 2 aromatic carbocycles. The van der Waals surface area contributed by atoms with Gasteiger partial charge in [0, 0.05) is 12.1 Å². The zero-order valence-electron chi connectivity index (χ0n) is 16.4. The summed E-state index contributed by atoms with van der Waals surface area (Å²) < 4.78 is 1.87. The minimum atomic E-state index is -0.158. The van der Waals surface area contributed by atoms with Crippen molar-refractivity contribution in [3.8, 4) is 0 Å². The molecule has 0 atom stereocenters. The fourth-order valence-electron chi connectivity index (χ4n) is 3.09. The van der Waals surface area contributed by atoms with Gasteiger partial charge in [-0.05, 0) is 37.6 Å². The lowest BCUT2D eigenvalue weighted by Gasteiger charge is -2.11. The quantitative estimate of drug-likeness (QED) is 0.591. The van der Waals surface area contributed by atoms with Crippen molar-refractivity contribution < 1.29 is 9.59 Å². The van der Waals surface area contributed by atoms with Gasteiger partial charge in [0.2, 0.25) is 5.91 Å². The van der Waals surface area contributed by atoms with Crippen molar-refractivity contribution in [3.63, 3.8) is 0 Å². The maximum Gasteiger partial charge on any atom is 0.251 e. The number of carbonyl (C=O) groups is 2. The van der Waals surface area contributed by atoms with Crippen LogP contribution in [0.25, 0.3) is 11.0 Å². The van der Waals surface area contributed by atoms with Gasteiger partial charge in [-0.1, -0.05) is 43.2 Å². The molecule has 0 radical (unpaired) electrons. The molecule has 3 aromatic rings. The third kappa shape index (κ3) is 4.76. The van der Waals surface area contributed by atoms with Crippen molar-refractivity contribution in [1.82, 2.24) is 20.2 Å². The number of nitrogens with one attached hydrogen (secondary N) is 2. The monoisotopic (exact) mass is 378 g/mol. The van der Waals surface area contributed by atoms with Crippen LogP contribution in [0.1, 0.15) is 41.5 Å². The standard InChI is InChI=1S/C22H26N4O2/c1-3-4-12-23-21(27)15-26-19-11-6-5-10-18(19)25-20(26)14-24-22(28)17-9-7-8-16(2)13-17/h5-11,13H,3-4,12,14-15H2,1-2H3,(H,23,27)(H,24,28). The molecule has 0 aliphatic rings. The first kappa shape index (κ1) is 19.6. The molecule has 0 saturated carbocycles. The van der Waals surface area contributed by atoms with E-state index in [1.165, 1.54) is 0 Å². The SMILES string of the molecule is CCCCNC(=O)Cn1c(CNC(=O)c2cccc(C)c2)nc2ccccc21. The van der Waals surface area contributed by atoms with E-state index in [0.29, 0.717) is 17.9 Å². The van der Waals surface area contributed by atoms with Crippen molar-refractivity contribution in [2.45, 2.75) is 39.8 Å². The second-order valence-electron chi connectivity index (χ2n) is 6.86. The normalized spacial score (nSPS) is 10.8. The van der Waals surface area contributed by atoms with E-state index >= 15 is 0 Å². The number of nitrogens with zero attached hydrogens (tertiary/aromatic N) is 2. The number of fused-ring (bicyclic) bond motifs is 1. The van der Waals surface area contributed by atoms with Crippen molar-refractivity contribution in [2.75, 3.05) is 6.54 Å². The highest BCUT2D eigenvalue weighted by molar-refractivity contribution is 5.94. The third-order valence-electron chi connectivity index (χ3n) is 4.58. The zero-order valence-corrected chi connectivity index (χ0v) is 16.4. The van der Waals surface area contributed by atoms with Crippen LogP contribution in [0.4, 0.5) is 0 Å². The fraction of sp³-hybridized carbons (Fsp3) is 0.318. The van der Waals surface area contributed by atoms with Crippen molar-refractivity contribution >= 4 is 22.8 Å². The minimum Gasteiger partial charge on any atom is -0.355 e. The van der Waals surface area contributed by atoms with Crippen molar-refractivity contribution in [3.05, 3.63) is 65.5 Å². The van der Waals surface area contributed by atoms with Crippen molar-refractivity contribution in [1.29, 1.82) is 0 Å². The minimum absolute atomic E-state index is 0.0529. The number of unbranched alkanes of at least 4 members (excludes halogenated alkanes) is 1. The average Bonchev–Trinajstić information content (AvgIpc) is 3.04. The molecule has 6 nitrogen and oxygen atoms in total. The summed E-state index contributed by atoms with van der Waals surface area (Å²) in [6.45, 7) is 5.14. The third-order valence-corrected chi connectivity index (χ3v) is 4.58. The van der Waals surface area contributed by atoms with Crippen LogP contribution in [-0.4, -0.2) is 27.9 Å². The Balaban J connectivity index is 1.76. The van der Waals surface area contributed by atoms with Gasteiger partial charge in [-0.3, -0.25) is 9.59 Å². The average molecular weight is 378 g/mol. The van der Waals surface area contributed by atoms with Gasteiger partial charge in [-0.15, -0.1) is 0 Å². The van der Waals surface area contributed by atoms with E-state index in [2.05, 4.69) is 22.5 Å². The summed E-state index contributed by atoms with van der Waals surface area (Å²) in [5.41, 5.74) is 3.33. The highest BCUT2D eigenvalue weighted by Gasteiger charge is 2.14. The zero-order chi connectivity index (χ0) is 19.9. The smallest absolute Gasteiger partial charge is 0.251 e. The Labute approximate surface area is 165 Å². The number of hydrogen-bond acceptors (Lipinski definition) is 3. The highest BCUT2D eigenvalue weighted by atomic mass is 16.2. The summed E-state index contributed by atoms with van der Waals surface area (Å²) in [6.07, 6.45) is 1.99. The molecule has 0 unspecified atom stereocenters. The van der Waals surface area contributed by atoms with Crippen LogP contribution in [0, 0.1) is 6.92 Å². The van der Waals surface area contributed by atoms with Gasteiger partial charge in [0.25, 0.3) is 5.91 Å². The topological polar surface area (TPSA) is 76.0 Å². The van der Waals surface area contributed by atoms with Gasteiger partial charge in [0.1, 0.15) is 12.4 Å². The van der Waals surface area contributed by atoms with E-state index in [1.54, 1.807) is 6.07 Å². The second kappa shape index (κ2) is 9.17. The predicted octanol–water partition coefficient (Wildman–Crippen LogP) is 3.19. The molecule has 0 saturated heterocycles. The summed E-state index contributed by atoms with van der Waals surface area (Å²) in [6, 6.07) is 15.1. The molecule has 0 spiro atoms. The summed E-state index contributed by atoms with van der Waals surface area (Å²) in [4.78, 5) is 29.4. The number of para-hydroxylation sites is 2. The number of carbonyl (C=O) groups excluding carboxylic acids is 2. The van der Waals surface area contributed by atoms with Gasteiger partial charge in [-0.25, -0.2) is 4.98 Å². The first-order valence-corrected chi connectivity index (χ1v) is 9.64. The lowest BCUT2D eigenvalue weighted by atomic mass is 10.1. The molecule has 146 valence electrons. The number of aromatic nitrogens is 2. The van der Waals surface area contributed by atoms with Gasteiger partial charge < -0.3 is 15.2 Å². The molecular weight excluding hydrogens is 352 g/mol. The van der Waals surface area contributed by atoms with E-state index < -0.39 is 0 Å². The maximum absolute atomic E-state index is 12.5. The molecule has 3 rings (SSSR count). The van der Waals surface area contributed by atoms with Crippen LogP contribution in [-0.2, 0) is 17.9 Å². The largest absolute Gasteiger partial charge is 0.355 e. The molecule has 1 aromatic heterocycles. The Hall–Kier alpha value is -3.15. The van der Waals surface area contributed by atoms with E-state index in [9.17, 15) is 9.59 Å². The number of rotatable bonds is 8. The van der Waals surface area contributed by atoms with E-state index in [1.807, 2.05) is 54.0 Å². The Morgan fingerprint density at radius 1 is 1.07 bits per heavy atom. The summed E-state index contributed by atoms with van der Waals surface area (Å²) >= 11 is 0. The molecule has 2 N–H and O–H groups in total. The van der Waals surface area contributed by atoms with Gasteiger partial charge in [0.15, 0.2) is 0 Å². The second-order valence-corrected chi connectivity index (χ2v) is 6.86. The van der Waals surface area contributed by atoms with Gasteiger partial charge in [0.05, 0.1) is 17.6 Å². The molecule has 0 bridgehead atoms. The molecule has 28 heavy (non-hydrogen) atoms. The maximum atomic E-state index is 12.5. The van der Waals surface area contributed by atoms with Crippen molar-refractivity contribution in [2.24, 2.45) is 0 Å². The van der Waals surface area contributed by atoms with Crippen LogP contribution in [0.5, 0.6) is 0 Å². The van der Waals surface area contributed by atoms with Gasteiger partial charge >= 0.3 is 0 Å². The first-order valence-electron chi connectivity index (χ1n) is 9.64. The van der Waals surface area contributed by atoms with Crippen LogP contribution < -0.4 is 10.6 Å². The molecule has 1 heterocycles. The van der Waals surface area contributed by atoms with Gasteiger partial charge in [-0.2, -0.15) is 0 Å². The number of imidazole rings is 1. The summed E-state index contributed by atoms with van der Waals surface area (Å²) in [5, 5.41) is 5.85. The van der Waals surface area contributed by atoms with E-state index in [-0.39, 0.29) is 24.9 Å². The molecular formula is C22H26N4O2. The molecule has 0 aliphatic heterocycles. The van der Waals surface area contributed by atoms with Crippen LogP contribution in [0.3, 0.4) is 0 Å². The molecule has 0 aliphatic carbocycles. The van der Waals surface area contributed by atoms with E-state index in [0.717, 1.165) is 29.4 Å². The summed E-state index contributed by atoms with van der Waals surface area (Å²) in [7, 11) is 0. The Kier molecular flexibility index (Phi) is 6.42. The Morgan fingerprint density at radius 2 is 1.89 bits per heavy atom. The fourth-order valence-corrected chi connectivity index (χ4v) is 3.09. The number of benzene rings is 2. The Bertz CT molecular complexity index is 978. The van der Waals surface area contributed by atoms with Crippen LogP contribution >= 0.6 is 0 Å².